The van der Waals surface area contributed by atoms with Crippen LogP contribution in [0.5, 0.6) is 0 Å². The number of hydrogen-bond acceptors (Lipinski definition) is 3. The average Bonchev–Trinajstić information content (AvgIpc) is 2.46. The molecule has 1 amide bonds. The van der Waals surface area contributed by atoms with Gasteiger partial charge in [-0.1, -0.05) is 24.3 Å². The standard InChI is InChI=1S/C14H15N3O/c15-9-11-17(12-6-2-1-3-7-12)14(18)13-8-4-5-10-16-13/h1-8,10H,9,11,15H2. The summed E-state index contributed by atoms with van der Waals surface area (Å²) in [5.74, 6) is -0.132. The summed E-state index contributed by atoms with van der Waals surface area (Å²) < 4.78 is 0. The van der Waals surface area contributed by atoms with Crippen LogP contribution in [0.3, 0.4) is 0 Å². The quantitative estimate of drug-likeness (QED) is 0.886. The van der Waals surface area contributed by atoms with E-state index >= 15 is 0 Å². The van der Waals surface area contributed by atoms with Crippen LogP contribution in [-0.4, -0.2) is 24.0 Å². The Morgan fingerprint density at radius 1 is 1.11 bits per heavy atom. The Labute approximate surface area is 106 Å². The number of nitrogens with two attached hydrogens (primary N) is 1. The van der Waals surface area contributed by atoms with E-state index in [1.807, 2.05) is 30.3 Å². The fourth-order valence-electron chi connectivity index (χ4n) is 1.71. The molecule has 2 aromatic rings. The van der Waals surface area contributed by atoms with Gasteiger partial charge in [-0.15, -0.1) is 0 Å². The van der Waals surface area contributed by atoms with E-state index in [1.165, 1.54) is 0 Å². The molecule has 4 heteroatoms. The molecule has 0 atom stereocenters. The summed E-state index contributed by atoms with van der Waals surface area (Å²) in [5, 5.41) is 0. The van der Waals surface area contributed by atoms with Gasteiger partial charge in [-0.05, 0) is 24.3 Å². The van der Waals surface area contributed by atoms with Crippen LogP contribution in [0.4, 0.5) is 5.69 Å². The van der Waals surface area contributed by atoms with Crippen molar-refractivity contribution in [1.29, 1.82) is 0 Å². The zero-order chi connectivity index (χ0) is 12.8. The van der Waals surface area contributed by atoms with Gasteiger partial charge >= 0.3 is 0 Å². The monoisotopic (exact) mass is 241 g/mol. The molecule has 0 aliphatic carbocycles. The Kier molecular flexibility index (Phi) is 4.04. The smallest absolute Gasteiger partial charge is 0.276 e. The fraction of sp³-hybridized carbons (Fsp3) is 0.143. The highest BCUT2D eigenvalue weighted by Crippen LogP contribution is 2.15. The lowest BCUT2D eigenvalue weighted by atomic mass is 10.2. The largest absolute Gasteiger partial charge is 0.329 e. The molecule has 18 heavy (non-hydrogen) atoms. The molecule has 0 radical (unpaired) electrons. The molecule has 1 aromatic carbocycles. The van der Waals surface area contributed by atoms with Crippen LogP contribution >= 0.6 is 0 Å². The number of amides is 1. The van der Waals surface area contributed by atoms with Gasteiger partial charge in [0.05, 0.1) is 0 Å². The number of para-hydroxylation sites is 1. The van der Waals surface area contributed by atoms with E-state index in [2.05, 4.69) is 4.98 Å². The lowest BCUT2D eigenvalue weighted by molar-refractivity contribution is 0.0983. The first kappa shape index (κ1) is 12.3. The maximum absolute atomic E-state index is 12.3. The summed E-state index contributed by atoms with van der Waals surface area (Å²) in [7, 11) is 0. The molecule has 4 nitrogen and oxygen atoms in total. The van der Waals surface area contributed by atoms with Gasteiger partial charge in [-0.2, -0.15) is 0 Å². The third-order valence-electron chi connectivity index (χ3n) is 2.55. The molecule has 0 spiro atoms. The van der Waals surface area contributed by atoms with Crippen molar-refractivity contribution in [3.63, 3.8) is 0 Å². The van der Waals surface area contributed by atoms with Crippen LogP contribution in [0, 0.1) is 0 Å². The molecule has 2 rings (SSSR count). The van der Waals surface area contributed by atoms with Crippen molar-refractivity contribution in [2.75, 3.05) is 18.0 Å². The summed E-state index contributed by atoms with van der Waals surface area (Å²) in [4.78, 5) is 18.1. The van der Waals surface area contributed by atoms with Crippen molar-refractivity contribution in [3.8, 4) is 0 Å². The molecule has 92 valence electrons. The van der Waals surface area contributed by atoms with Crippen molar-refractivity contribution in [3.05, 3.63) is 60.4 Å². The van der Waals surface area contributed by atoms with Gasteiger partial charge in [0, 0.05) is 25.0 Å². The fourth-order valence-corrected chi connectivity index (χ4v) is 1.71. The number of rotatable bonds is 4. The van der Waals surface area contributed by atoms with Gasteiger partial charge in [0.2, 0.25) is 0 Å². The lowest BCUT2D eigenvalue weighted by Gasteiger charge is -2.21. The number of carbonyl (C=O) groups excluding carboxylic acids is 1. The van der Waals surface area contributed by atoms with Crippen LogP contribution in [0.1, 0.15) is 10.5 Å². The summed E-state index contributed by atoms with van der Waals surface area (Å²) in [6, 6.07) is 14.8. The first-order chi connectivity index (χ1) is 8.83. The highest BCUT2D eigenvalue weighted by molar-refractivity contribution is 6.04. The van der Waals surface area contributed by atoms with E-state index in [0.29, 0.717) is 18.8 Å². The third-order valence-corrected chi connectivity index (χ3v) is 2.55. The van der Waals surface area contributed by atoms with Crippen LogP contribution in [0.25, 0.3) is 0 Å². The Balaban J connectivity index is 2.29. The van der Waals surface area contributed by atoms with Crippen molar-refractivity contribution in [1.82, 2.24) is 4.98 Å². The second-order valence-electron chi connectivity index (χ2n) is 3.80. The zero-order valence-corrected chi connectivity index (χ0v) is 9.99. The number of carbonyl (C=O) groups is 1. The molecule has 2 N–H and O–H groups in total. The summed E-state index contributed by atoms with van der Waals surface area (Å²) >= 11 is 0. The second kappa shape index (κ2) is 5.93. The van der Waals surface area contributed by atoms with E-state index < -0.39 is 0 Å². The predicted molar refractivity (Wildman–Crippen MR) is 71.4 cm³/mol. The molecule has 0 saturated carbocycles. The van der Waals surface area contributed by atoms with Crippen molar-refractivity contribution in [2.24, 2.45) is 5.73 Å². The summed E-state index contributed by atoms with van der Waals surface area (Å²) in [6.45, 7) is 0.882. The molecular formula is C14H15N3O. The Morgan fingerprint density at radius 3 is 2.44 bits per heavy atom. The highest BCUT2D eigenvalue weighted by Gasteiger charge is 2.17. The van der Waals surface area contributed by atoms with E-state index in [4.69, 9.17) is 5.73 Å². The van der Waals surface area contributed by atoms with Crippen LogP contribution in [0.2, 0.25) is 0 Å². The third kappa shape index (κ3) is 2.73. The number of anilines is 1. The molecule has 1 aromatic heterocycles. The number of benzene rings is 1. The van der Waals surface area contributed by atoms with Gasteiger partial charge in [0.1, 0.15) is 5.69 Å². The maximum Gasteiger partial charge on any atom is 0.276 e. The minimum Gasteiger partial charge on any atom is -0.329 e. The van der Waals surface area contributed by atoms with Crippen molar-refractivity contribution >= 4 is 11.6 Å². The number of aromatic nitrogens is 1. The number of hydrogen-bond donors (Lipinski definition) is 1. The summed E-state index contributed by atoms with van der Waals surface area (Å²) in [5.41, 5.74) is 6.83. The van der Waals surface area contributed by atoms with Crippen molar-refractivity contribution in [2.45, 2.75) is 0 Å². The maximum atomic E-state index is 12.3. The number of nitrogens with zero attached hydrogens (tertiary/aromatic N) is 2. The summed E-state index contributed by atoms with van der Waals surface area (Å²) in [6.07, 6.45) is 1.61. The van der Waals surface area contributed by atoms with E-state index in [0.717, 1.165) is 5.69 Å². The van der Waals surface area contributed by atoms with E-state index in [-0.39, 0.29) is 5.91 Å². The minimum absolute atomic E-state index is 0.132. The molecular weight excluding hydrogens is 226 g/mol. The SMILES string of the molecule is NCCN(C(=O)c1ccccn1)c1ccccc1. The lowest BCUT2D eigenvalue weighted by Crippen LogP contribution is -2.35. The average molecular weight is 241 g/mol. The Hall–Kier alpha value is -2.20. The number of pyridine rings is 1. The first-order valence-corrected chi connectivity index (χ1v) is 5.81. The van der Waals surface area contributed by atoms with Crippen LogP contribution in [0.15, 0.2) is 54.7 Å². The van der Waals surface area contributed by atoms with E-state index in [9.17, 15) is 4.79 Å². The van der Waals surface area contributed by atoms with Gasteiger partial charge in [-0.3, -0.25) is 9.78 Å². The molecule has 0 aliphatic heterocycles. The normalized spacial score (nSPS) is 10.1. The topological polar surface area (TPSA) is 59.2 Å². The van der Waals surface area contributed by atoms with Gasteiger partial charge in [0.15, 0.2) is 0 Å². The van der Waals surface area contributed by atoms with Crippen LogP contribution in [-0.2, 0) is 0 Å². The molecule has 1 heterocycles. The van der Waals surface area contributed by atoms with Gasteiger partial charge < -0.3 is 10.6 Å². The van der Waals surface area contributed by atoms with Gasteiger partial charge in [-0.25, -0.2) is 0 Å². The molecule has 0 unspecified atom stereocenters. The minimum atomic E-state index is -0.132. The van der Waals surface area contributed by atoms with Crippen molar-refractivity contribution < 1.29 is 4.79 Å². The Bertz CT molecular complexity index is 499. The van der Waals surface area contributed by atoms with E-state index in [1.54, 1.807) is 29.3 Å². The molecule has 0 saturated heterocycles. The second-order valence-corrected chi connectivity index (χ2v) is 3.80. The molecule has 0 bridgehead atoms. The predicted octanol–water partition coefficient (Wildman–Crippen LogP) is 1.69. The molecule has 0 fully saturated rings. The highest BCUT2D eigenvalue weighted by atomic mass is 16.2. The first-order valence-electron chi connectivity index (χ1n) is 5.81. The molecule has 0 aliphatic rings. The Morgan fingerprint density at radius 2 is 1.83 bits per heavy atom. The zero-order valence-electron chi connectivity index (χ0n) is 9.99. The van der Waals surface area contributed by atoms with Gasteiger partial charge in [0.25, 0.3) is 5.91 Å². The van der Waals surface area contributed by atoms with Crippen LogP contribution < -0.4 is 10.6 Å².